The summed E-state index contributed by atoms with van der Waals surface area (Å²) < 4.78 is 62.1. The molecule has 0 aliphatic carbocycles. The first-order valence-electron chi connectivity index (χ1n) is 12.2. The van der Waals surface area contributed by atoms with Crippen LogP contribution in [0.5, 0.6) is 5.75 Å². The Hall–Kier alpha value is -3.77. The van der Waals surface area contributed by atoms with E-state index >= 15 is 0 Å². The normalized spacial score (nSPS) is 15.0. The number of nitrogens with zero attached hydrogens (tertiary/aromatic N) is 1. The number of ether oxygens (including phenoxy) is 1. The van der Waals surface area contributed by atoms with E-state index in [2.05, 4.69) is 10.0 Å². The summed E-state index contributed by atoms with van der Waals surface area (Å²) in [4.78, 5) is 13.2. The summed E-state index contributed by atoms with van der Waals surface area (Å²) >= 11 is 12.0. The average Bonchev–Trinajstić information content (AvgIpc) is 2.94. The van der Waals surface area contributed by atoms with Crippen molar-refractivity contribution in [3.63, 3.8) is 0 Å². The zero-order chi connectivity index (χ0) is 29.4. The van der Waals surface area contributed by atoms with Crippen LogP contribution < -0.4 is 19.1 Å². The van der Waals surface area contributed by atoms with Crippen molar-refractivity contribution in [1.29, 1.82) is 0 Å². The van der Waals surface area contributed by atoms with Gasteiger partial charge < -0.3 is 10.1 Å². The van der Waals surface area contributed by atoms with Crippen LogP contribution in [0.4, 0.5) is 17.1 Å². The molecule has 13 heteroatoms. The van der Waals surface area contributed by atoms with Gasteiger partial charge in [-0.15, -0.1) is 0 Å². The molecule has 4 aromatic rings. The maximum atomic E-state index is 13.5. The van der Waals surface area contributed by atoms with Crippen LogP contribution in [-0.4, -0.2) is 35.4 Å². The minimum Gasteiger partial charge on any atom is -0.476 e. The van der Waals surface area contributed by atoms with Crippen LogP contribution in [0.25, 0.3) is 0 Å². The summed E-state index contributed by atoms with van der Waals surface area (Å²) in [6.07, 6.45) is -1.19. The molecule has 1 unspecified atom stereocenters. The monoisotopic (exact) mass is 631 g/mol. The topological polar surface area (TPSA) is 122 Å². The molecule has 212 valence electrons. The molecule has 9 nitrogen and oxygen atoms in total. The first-order chi connectivity index (χ1) is 19.4. The second-order valence-electron chi connectivity index (χ2n) is 9.15. The van der Waals surface area contributed by atoms with E-state index in [0.29, 0.717) is 27.1 Å². The van der Waals surface area contributed by atoms with Gasteiger partial charge in [0.2, 0.25) is 0 Å². The summed E-state index contributed by atoms with van der Waals surface area (Å²) in [5.41, 5.74) is 1.71. The van der Waals surface area contributed by atoms with E-state index in [-0.39, 0.29) is 22.1 Å². The van der Waals surface area contributed by atoms with Gasteiger partial charge in [-0.2, -0.15) is 0 Å². The molecule has 1 amide bonds. The van der Waals surface area contributed by atoms with Gasteiger partial charge in [0.15, 0.2) is 6.10 Å². The van der Waals surface area contributed by atoms with Crippen molar-refractivity contribution >= 4 is 66.2 Å². The summed E-state index contributed by atoms with van der Waals surface area (Å²) in [5.74, 6) is -0.390. The fraction of sp³-hybridized carbons (Fsp3) is 0.107. The number of halogens is 2. The number of amides is 1. The van der Waals surface area contributed by atoms with Gasteiger partial charge in [0.25, 0.3) is 26.0 Å². The second-order valence-corrected chi connectivity index (χ2v) is 13.5. The van der Waals surface area contributed by atoms with Crippen molar-refractivity contribution in [2.75, 3.05) is 20.9 Å². The Morgan fingerprint density at radius 3 is 2.17 bits per heavy atom. The van der Waals surface area contributed by atoms with E-state index in [1.54, 1.807) is 43.3 Å². The third-order valence-corrected chi connectivity index (χ3v) is 10.1. The largest absolute Gasteiger partial charge is 0.476 e. The Morgan fingerprint density at radius 2 is 1.49 bits per heavy atom. The fourth-order valence-electron chi connectivity index (χ4n) is 4.11. The number of benzene rings is 4. The van der Waals surface area contributed by atoms with E-state index in [4.69, 9.17) is 27.9 Å². The van der Waals surface area contributed by atoms with Crippen molar-refractivity contribution in [3.05, 3.63) is 107 Å². The van der Waals surface area contributed by atoms with Crippen molar-refractivity contribution in [1.82, 2.24) is 0 Å². The maximum Gasteiger partial charge on any atom is 0.267 e. The molecule has 1 atom stereocenters. The van der Waals surface area contributed by atoms with Gasteiger partial charge in [0.1, 0.15) is 5.75 Å². The third kappa shape index (κ3) is 6.13. The number of sulfonamides is 2. The molecule has 1 aliphatic heterocycles. The SMILES string of the molecule is Cc1ccc(NS(=O)(=O)c2ccc(NC(=O)C3CN(S(=O)(=O)c4ccc(Cl)cc4)c4ccccc4O3)cc2)cc1Cl. The zero-order valence-electron chi connectivity index (χ0n) is 21.4. The lowest BCUT2D eigenvalue weighted by atomic mass is 10.2. The van der Waals surface area contributed by atoms with Crippen molar-refractivity contribution in [2.45, 2.75) is 22.8 Å². The molecule has 0 bridgehead atoms. The Balaban J connectivity index is 1.33. The molecule has 41 heavy (non-hydrogen) atoms. The smallest absolute Gasteiger partial charge is 0.267 e. The number of nitrogens with one attached hydrogen (secondary N) is 2. The van der Waals surface area contributed by atoms with Gasteiger partial charge >= 0.3 is 0 Å². The van der Waals surface area contributed by atoms with Crippen LogP contribution >= 0.6 is 23.2 Å². The third-order valence-electron chi connectivity index (χ3n) is 6.29. The Labute approximate surface area is 247 Å². The standard InChI is InChI=1S/C28H23Cl2N3O6S2/c1-18-6-9-21(16-24(18)30)32-40(35,36)22-14-10-20(11-15-22)31-28(34)27-17-33(25-4-2-3-5-26(25)39-27)41(37,38)23-12-7-19(29)8-13-23/h2-16,27,32H,17H2,1H3,(H,31,34). The molecule has 1 aliphatic rings. The van der Waals surface area contributed by atoms with E-state index in [0.717, 1.165) is 9.87 Å². The van der Waals surface area contributed by atoms with Gasteiger partial charge in [0, 0.05) is 15.7 Å². The molecule has 2 N–H and O–H groups in total. The molecule has 0 saturated carbocycles. The van der Waals surface area contributed by atoms with Crippen molar-refractivity contribution in [3.8, 4) is 5.75 Å². The Morgan fingerprint density at radius 1 is 0.854 bits per heavy atom. The minimum atomic E-state index is -4.05. The molecule has 0 aromatic heterocycles. The first-order valence-corrected chi connectivity index (χ1v) is 15.9. The molecule has 0 radical (unpaired) electrons. The van der Waals surface area contributed by atoms with Crippen LogP contribution in [-0.2, 0) is 24.8 Å². The lowest BCUT2D eigenvalue weighted by molar-refractivity contribution is -0.122. The molecular formula is C28H23Cl2N3O6S2. The highest BCUT2D eigenvalue weighted by Crippen LogP contribution is 2.37. The first kappa shape index (κ1) is 28.7. The lowest BCUT2D eigenvalue weighted by Gasteiger charge is -2.34. The van der Waals surface area contributed by atoms with Gasteiger partial charge in [0.05, 0.1) is 27.7 Å². The number of fused-ring (bicyclic) bond motifs is 1. The molecule has 0 saturated heterocycles. The number of para-hydroxylation sites is 2. The number of aryl methyl sites for hydroxylation is 1. The lowest BCUT2D eigenvalue weighted by Crippen LogP contribution is -2.48. The quantitative estimate of drug-likeness (QED) is 0.270. The number of rotatable bonds is 7. The van der Waals surface area contributed by atoms with Crippen molar-refractivity contribution < 1.29 is 26.4 Å². The molecular weight excluding hydrogens is 609 g/mol. The van der Waals surface area contributed by atoms with Gasteiger partial charge in [-0.05, 0) is 85.3 Å². The number of carbonyl (C=O) groups excluding carboxylic acids is 1. The highest BCUT2D eigenvalue weighted by molar-refractivity contribution is 7.93. The van der Waals surface area contributed by atoms with E-state index in [9.17, 15) is 21.6 Å². The highest BCUT2D eigenvalue weighted by atomic mass is 35.5. The van der Waals surface area contributed by atoms with E-state index in [1.165, 1.54) is 54.6 Å². The number of hydrogen-bond acceptors (Lipinski definition) is 6. The highest BCUT2D eigenvalue weighted by Gasteiger charge is 2.37. The molecule has 5 rings (SSSR count). The van der Waals surface area contributed by atoms with Crippen LogP contribution in [0.15, 0.2) is 101 Å². The zero-order valence-corrected chi connectivity index (χ0v) is 24.6. The molecule has 0 spiro atoms. The predicted octanol–water partition coefficient (Wildman–Crippen LogP) is 5.70. The summed E-state index contributed by atoms with van der Waals surface area (Å²) in [7, 11) is -7.97. The van der Waals surface area contributed by atoms with Crippen LogP contribution in [0, 0.1) is 6.92 Å². The number of carbonyl (C=O) groups is 1. The minimum absolute atomic E-state index is 0.0103. The fourth-order valence-corrected chi connectivity index (χ4v) is 6.94. The second kappa shape index (κ2) is 11.2. The van der Waals surface area contributed by atoms with Crippen LogP contribution in [0.3, 0.4) is 0 Å². The maximum absolute atomic E-state index is 13.5. The Kier molecular flexibility index (Phi) is 7.89. The van der Waals surface area contributed by atoms with E-state index < -0.39 is 32.1 Å². The van der Waals surface area contributed by atoms with Crippen molar-refractivity contribution in [2.24, 2.45) is 0 Å². The van der Waals surface area contributed by atoms with Gasteiger partial charge in [-0.1, -0.05) is 41.4 Å². The summed E-state index contributed by atoms with van der Waals surface area (Å²) in [5, 5.41) is 3.48. The summed E-state index contributed by atoms with van der Waals surface area (Å²) in [6.45, 7) is 1.52. The molecule has 4 aromatic carbocycles. The molecule has 0 fully saturated rings. The Bertz CT molecular complexity index is 1830. The molecule has 1 heterocycles. The average molecular weight is 633 g/mol. The van der Waals surface area contributed by atoms with Gasteiger partial charge in [-0.25, -0.2) is 16.8 Å². The van der Waals surface area contributed by atoms with Gasteiger partial charge in [-0.3, -0.25) is 13.8 Å². The van der Waals surface area contributed by atoms with E-state index in [1.807, 2.05) is 0 Å². The van der Waals surface area contributed by atoms with Crippen LogP contribution in [0.1, 0.15) is 5.56 Å². The van der Waals surface area contributed by atoms with Crippen LogP contribution in [0.2, 0.25) is 10.0 Å². The predicted molar refractivity (Wildman–Crippen MR) is 159 cm³/mol. The summed E-state index contributed by atoms with van der Waals surface area (Å²) in [6, 6.07) is 22.6. The number of anilines is 3. The number of hydrogen-bond donors (Lipinski definition) is 2.